The SMILES string of the molecule is CCOC(=O)c1cc(N)ccc1N1CCCC1. The Balaban J connectivity index is 2.33. The molecule has 1 heterocycles. The van der Waals surface area contributed by atoms with Gasteiger partial charge in [0.05, 0.1) is 17.9 Å². The molecule has 2 N–H and O–H groups in total. The molecule has 1 aromatic rings. The Labute approximate surface area is 101 Å². The summed E-state index contributed by atoms with van der Waals surface area (Å²) in [5.41, 5.74) is 7.84. The third-order valence-electron chi connectivity index (χ3n) is 2.96. The molecule has 1 saturated heterocycles. The van der Waals surface area contributed by atoms with E-state index < -0.39 is 0 Å². The second kappa shape index (κ2) is 5.08. The van der Waals surface area contributed by atoms with E-state index in [0.717, 1.165) is 18.8 Å². The summed E-state index contributed by atoms with van der Waals surface area (Å²) in [7, 11) is 0. The number of hydrogen-bond donors (Lipinski definition) is 1. The van der Waals surface area contributed by atoms with E-state index >= 15 is 0 Å². The summed E-state index contributed by atoms with van der Waals surface area (Å²) in [4.78, 5) is 14.1. The third kappa shape index (κ3) is 2.52. The highest BCUT2D eigenvalue weighted by Gasteiger charge is 2.20. The smallest absolute Gasteiger partial charge is 0.340 e. The first-order valence-corrected chi connectivity index (χ1v) is 6.04. The molecule has 0 aromatic heterocycles. The van der Waals surface area contributed by atoms with Gasteiger partial charge in [-0.2, -0.15) is 0 Å². The Bertz CT molecular complexity index is 412. The highest BCUT2D eigenvalue weighted by molar-refractivity contribution is 5.97. The molecule has 0 spiro atoms. The van der Waals surface area contributed by atoms with E-state index in [0.29, 0.717) is 17.9 Å². The minimum atomic E-state index is -0.290. The van der Waals surface area contributed by atoms with Crippen molar-refractivity contribution in [1.29, 1.82) is 0 Å². The summed E-state index contributed by atoms with van der Waals surface area (Å²) in [5, 5.41) is 0. The van der Waals surface area contributed by atoms with Crippen molar-refractivity contribution in [3.63, 3.8) is 0 Å². The van der Waals surface area contributed by atoms with E-state index in [1.165, 1.54) is 12.8 Å². The van der Waals surface area contributed by atoms with Crippen LogP contribution in [0.2, 0.25) is 0 Å². The van der Waals surface area contributed by atoms with Crippen LogP contribution in [0, 0.1) is 0 Å². The van der Waals surface area contributed by atoms with Crippen LogP contribution >= 0.6 is 0 Å². The highest BCUT2D eigenvalue weighted by atomic mass is 16.5. The van der Waals surface area contributed by atoms with Crippen LogP contribution in [0.4, 0.5) is 11.4 Å². The number of benzene rings is 1. The molecule has 0 aliphatic carbocycles. The number of nitrogens with two attached hydrogens (primary N) is 1. The zero-order chi connectivity index (χ0) is 12.3. The van der Waals surface area contributed by atoms with Crippen molar-refractivity contribution < 1.29 is 9.53 Å². The minimum Gasteiger partial charge on any atom is -0.462 e. The average molecular weight is 234 g/mol. The molecule has 4 heteroatoms. The van der Waals surface area contributed by atoms with Crippen LogP contribution in [0.3, 0.4) is 0 Å². The molecular weight excluding hydrogens is 216 g/mol. The summed E-state index contributed by atoms with van der Waals surface area (Å²) < 4.78 is 5.06. The normalized spacial score (nSPS) is 15.0. The molecule has 17 heavy (non-hydrogen) atoms. The van der Waals surface area contributed by atoms with E-state index in [1.807, 2.05) is 12.1 Å². The van der Waals surface area contributed by atoms with Crippen LogP contribution in [-0.4, -0.2) is 25.7 Å². The number of hydrogen-bond acceptors (Lipinski definition) is 4. The lowest BCUT2D eigenvalue weighted by Crippen LogP contribution is -2.21. The number of ether oxygens (including phenoxy) is 1. The van der Waals surface area contributed by atoms with Gasteiger partial charge in [-0.05, 0) is 38.0 Å². The van der Waals surface area contributed by atoms with Gasteiger partial charge in [0.2, 0.25) is 0 Å². The van der Waals surface area contributed by atoms with Gasteiger partial charge < -0.3 is 15.4 Å². The van der Waals surface area contributed by atoms with Crippen molar-refractivity contribution in [3.8, 4) is 0 Å². The summed E-state index contributed by atoms with van der Waals surface area (Å²) >= 11 is 0. The fourth-order valence-electron chi connectivity index (χ4n) is 2.16. The molecule has 1 aliphatic rings. The largest absolute Gasteiger partial charge is 0.462 e. The topological polar surface area (TPSA) is 55.6 Å². The first kappa shape index (κ1) is 11.8. The quantitative estimate of drug-likeness (QED) is 0.642. The number of nitrogen functional groups attached to an aromatic ring is 1. The van der Waals surface area contributed by atoms with Crippen molar-refractivity contribution in [2.45, 2.75) is 19.8 Å². The first-order valence-electron chi connectivity index (χ1n) is 6.04. The van der Waals surface area contributed by atoms with Crippen LogP contribution in [0.5, 0.6) is 0 Å². The predicted octanol–water partition coefficient (Wildman–Crippen LogP) is 2.05. The lowest BCUT2D eigenvalue weighted by Gasteiger charge is -2.20. The van der Waals surface area contributed by atoms with Crippen LogP contribution in [0.25, 0.3) is 0 Å². The zero-order valence-electron chi connectivity index (χ0n) is 10.1. The molecule has 92 valence electrons. The number of rotatable bonds is 3. The van der Waals surface area contributed by atoms with Crippen molar-refractivity contribution in [1.82, 2.24) is 0 Å². The molecule has 4 nitrogen and oxygen atoms in total. The molecule has 0 amide bonds. The number of carbonyl (C=O) groups excluding carboxylic acids is 1. The van der Waals surface area contributed by atoms with Gasteiger partial charge in [0.1, 0.15) is 0 Å². The Morgan fingerprint density at radius 3 is 2.76 bits per heavy atom. The maximum Gasteiger partial charge on any atom is 0.340 e. The fourth-order valence-corrected chi connectivity index (χ4v) is 2.16. The van der Waals surface area contributed by atoms with E-state index in [2.05, 4.69) is 4.90 Å². The van der Waals surface area contributed by atoms with Crippen molar-refractivity contribution >= 4 is 17.3 Å². The summed E-state index contributed by atoms with van der Waals surface area (Å²) in [6.07, 6.45) is 2.35. The molecule has 0 atom stereocenters. The monoisotopic (exact) mass is 234 g/mol. The molecule has 1 aromatic carbocycles. The molecule has 0 bridgehead atoms. The van der Waals surface area contributed by atoms with Gasteiger partial charge in [0.25, 0.3) is 0 Å². The second-order valence-electron chi connectivity index (χ2n) is 4.19. The number of carbonyl (C=O) groups is 1. The van der Waals surface area contributed by atoms with E-state index in [4.69, 9.17) is 10.5 Å². The third-order valence-corrected chi connectivity index (χ3v) is 2.96. The lowest BCUT2D eigenvalue weighted by molar-refractivity contribution is 0.0527. The van der Waals surface area contributed by atoms with Crippen LogP contribution in [0.15, 0.2) is 18.2 Å². The van der Waals surface area contributed by atoms with Gasteiger partial charge in [0.15, 0.2) is 0 Å². The molecular formula is C13H18N2O2. The number of esters is 1. The van der Waals surface area contributed by atoms with Crippen molar-refractivity contribution in [2.24, 2.45) is 0 Å². The van der Waals surface area contributed by atoms with Gasteiger partial charge >= 0.3 is 5.97 Å². The van der Waals surface area contributed by atoms with Gasteiger partial charge in [-0.15, -0.1) is 0 Å². The lowest BCUT2D eigenvalue weighted by atomic mass is 10.1. The number of nitrogens with zero attached hydrogens (tertiary/aromatic N) is 1. The zero-order valence-corrected chi connectivity index (χ0v) is 10.1. The number of anilines is 2. The van der Waals surface area contributed by atoms with Gasteiger partial charge in [0, 0.05) is 18.8 Å². The van der Waals surface area contributed by atoms with Crippen molar-refractivity contribution in [3.05, 3.63) is 23.8 Å². The molecule has 0 unspecified atom stereocenters. The van der Waals surface area contributed by atoms with E-state index in [9.17, 15) is 4.79 Å². The summed E-state index contributed by atoms with van der Waals surface area (Å²) in [5.74, 6) is -0.290. The summed E-state index contributed by atoms with van der Waals surface area (Å²) in [6, 6.07) is 5.44. The Kier molecular flexibility index (Phi) is 3.52. The Morgan fingerprint density at radius 1 is 1.41 bits per heavy atom. The molecule has 1 fully saturated rings. The van der Waals surface area contributed by atoms with Crippen LogP contribution in [0.1, 0.15) is 30.1 Å². The standard InChI is InChI=1S/C13H18N2O2/c1-2-17-13(16)11-9-10(14)5-6-12(11)15-7-3-4-8-15/h5-6,9H,2-4,7-8,14H2,1H3. The molecule has 2 rings (SSSR count). The highest BCUT2D eigenvalue weighted by Crippen LogP contribution is 2.27. The molecule has 1 aliphatic heterocycles. The average Bonchev–Trinajstić information content (AvgIpc) is 2.82. The maximum absolute atomic E-state index is 11.9. The Hall–Kier alpha value is -1.71. The van der Waals surface area contributed by atoms with E-state index in [-0.39, 0.29) is 5.97 Å². The predicted molar refractivity (Wildman–Crippen MR) is 68.3 cm³/mol. The molecule has 0 saturated carbocycles. The van der Waals surface area contributed by atoms with Gasteiger partial charge in [-0.25, -0.2) is 4.79 Å². The fraction of sp³-hybridized carbons (Fsp3) is 0.462. The second-order valence-corrected chi connectivity index (χ2v) is 4.19. The van der Waals surface area contributed by atoms with Crippen molar-refractivity contribution in [2.75, 3.05) is 30.3 Å². The van der Waals surface area contributed by atoms with E-state index in [1.54, 1.807) is 13.0 Å². The first-order chi connectivity index (χ1) is 8.22. The molecule has 0 radical (unpaired) electrons. The Morgan fingerprint density at radius 2 is 2.12 bits per heavy atom. The van der Waals surface area contributed by atoms with Gasteiger partial charge in [-0.1, -0.05) is 0 Å². The van der Waals surface area contributed by atoms with Gasteiger partial charge in [-0.3, -0.25) is 0 Å². The summed E-state index contributed by atoms with van der Waals surface area (Å²) in [6.45, 7) is 4.18. The maximum atomic E-state index is 11.9. The van der Waals surface area contributed by atoms with Crippen LogP contribution in [-0.2, 0) is 4.74 Å². The van der Waals surface area contributed by atoms with Crippen LogP contribution < -0.4 is 10.6 Å². The minimum absolute atomic E-state index is 0.290.